The number of thiophene rings is 1. The van der Waals surface area contributed by atoms with Crippen LogP contribution in [0.5, 0.6) is 0 Å². The van der Waals surface area contributed by atoms with Crippen LogP contribution >= 0.6 is 22.7 Å². The molecule has 0 fully saturated rings. The maximum atomic E-state index is 12.8. The summed E-state index contributed by atoms with van der Waals surface area (Å²) in [6.07, 6.45) is 3.98. The zero-order valence-electron chi connectivity index (χ0n) is 13.9. The van der Waals surface area contributed by atoms with E-state index in [4.69, 9.17) is 5.11 Å². The van der Waals surface area contributed by atoms with Crippen molar-refractivity contribution in [2.45, 2.75) is 32.4 Å². The number of carbonyl (C=O) groups is 2. The van der Waals surface area contributed by atoms with Gasteiger partial charge in [-0.3, -0.25) is 19.0 Å². The average molecular weight is 406 g/mol. The highest BCUT2D eigenvalue weighted by molar-refractivity contribution is 7.19. The topological polar surface area (TPSA) is 123 Å². The van der Waals surface area contributed by atoms with E-state index in [0.717, 1.165) is 23.3 Å². The molecule has 2 N–H and O–H groups in total. The van der Waals surface area contributed by atoms with E-state index in [-0.39, 0.29) is 6.54 Å². The van der Waals surface area contributed by atoms with Crippen molar-refractivity contribution in [2.24, 2.45) is 0 Å². The third kappa shape index (κ3) is 3.08. The minimum atomic E-state index is -1.29. The number of nitrogens with one attached hydrogen (secondary N) is 1. The monoisotopic (exact) mass is 406 g/mol. The van der Waals surface area contributed by atoms with Gasteiger partial charge in [-0.15, -0.1) is 22.7 Å². The predicted molar refractivity (Wildman–Crippen MR) is 101 cm³/mol. The molecule has 0 radical (unpaired) electrons. The fraction of sp³-hybridized carbons (Fsp3) is 0.312. The summed E-state index contributed by atoms with van der Waals surface area (Å²) in [5.41, 5.74) is -0.536. The Labute approximate surface area is 159 Å². The lowest BCUT2D eigenvalue weighted by Gasteiger charge is -2.11. The van der Waals surface area contributed by atoms with Gasteiger partial charge in [-0.25, -0.2) is 14.3 Å². The molecule has 3 aromatic heterocycles. The number of carbonyl (C=O) groups excluding carboxylic acids is 1. The molecule has 11 heteroatoms. The zero-order valence-corrected chi connectivity index (χ0v) is 15.6. The van der Waals surface area contributed by atoms with Gasteiger partial charge in [0.05, 0.1) is 5.39 Å². The largest absolute Gasteiger partial charge is 0.480 e. The molecule has 0 spiro atoms. The number of aromatic nitrogens is 3. The van der Waals surface area contributed by atoms with Gasteiger partial charge in [0.1, 0.15) is 17.9 Å². The van der Waals surface area contributed by atoms with E-state index in [1.165, 1.54) is 27.2 Å². The van der Waals surface area contributed by atoms with Crippen molar-refractivity contribution in [3.05, 3.63) is 42.9 Å². The molecule has 0 aliphatic heterocycles. The van der Waals surface area contributed by atoms with Crippen LogP contribution in [-0.4, -0.2) is 31.1 Å². The molecule has 0 bridgehead atoms. The SMILES string of the molecule is O=C(O)Cn1c(=O)c2c3c(sc2n(CC(=O)Nc2nccs2)c1=O)CCC3. The first-order chi connectivity index (χ1) is 13.0. The zero-order chi connectivity index (χ0) is 19.1. The predicted octanol–water partition coefficient (Wildman–Crippen LogP) is 0.893. The minimum absolute atomic E-state index is 0.325. The Morgan fingerprint density at radius 3 is 2.74 bits per heavy atom. The fourth-order valence-corrected chi connectivity index (χ4v) is 5.17. The van der Waals surface area contributed by atoms with Crippen LogP contribution in [0, 0.1) is 0 Å². The Balaban J connectivity index is 1.85. The number of hydrogen-bond acceptors (Lipinski definition) is 7. The van der Waals surface area contributed by atoms with Crippen LogP contribution < -0.4 is 16.6 Å². The number of amides is 1. The molecule has 1 aliphatic carbocycles. The number of anilines is 1. The third-order valence-corrected chi connectivity index (χ3v) is 6.35. The summed E-state index contributed by atoms with van der Waals surface area (Å²) in [6, 6.07) is 0. The Morgan fingerprint density at radius 1 is 1.22 bits per heavy atom. The number of nitrogens with zero attached hydrogens (tertiary/aromatic N) is 3. The van der Waals surface area contributed by atoms with Crippen LogP contribution in [0.1, 0.15) is 16.9 Å². The lowest BCUT2D eigenvalue weighted by atomic mass is 10.2. The Morgan fingerprint density at radius 2 is 2.04 bits per heavy atom. The highest BCUT2D eigenvalue weighted by atomic mass is 32.1. The summed E-state index contributed by atoms with van der Waals surface area (Å²) in [6.45, 7) is -1.07. The van der Waals surface area contributed by atoms with Gasteiger partial charge in [-0.05, 0) is 24.8 Å². The van der Waals surface area contributed by atoms with Gasteiger partial charge in [0.25, 0.3) is 5.56 Å². The Kier molecular flexibility index (Phi) is 4.40. The van der Waals surface area contributed by atoms with Crippen LogP contribution in [0.3, 0.4) is 0 Å². The summed E-state index contributed by atoms with van der Waals surface area (Å²) in [7, 11) is 0. The van der Waals surface area contributed by atoms with Crippen molar-refractivity contribution >= 4 is 49.9 Å². The second kappa shape index (κ2) is 6.74. The van der Waals surface area contributed by atoms with E-state index in [9.17, 15) is 19.2 Å². The fourth-order valence-electron chi connectivity index (χ4n) is 3.26. The lowest BCUT2D eigenvalue weighted by molar-refractivity contribution is -0.137. The van der Waals surface area contributed by atoms with Crippen LogP contribution in [0.15, 0.2) is 21.2 Å². The lowest BCUT2D eigenvalue weighted by Crippen LogP contribution is -2.42. The van der Waals surface area contributed by atoms with Gasteiger partial charge in [0.15, 0.2) is 5.13 Å². The molecule has 9 nitrogen and oxygen atoms in total. The number of carboxylic acids is 1. The highest BCUT2D eigenvalue weighted by Crippen LogP contribution is 2.35. The van der Waals surface area contributed by atoms with Crippen LogP contribution in [0.4, 0.5) is 5.13 Å². The molecule has 0 saturated heterocycles. The normalized spacial score (nSPS) is 13.0. The maximum absolute atomic E-state index is 12.8. The van der Waals surface area contributed by atoms with E-state index in [0.29, 0.717) is 26.3 Å². The van der Waals surface area contributed by atoms with E-state index in [1.807, 2.05) is 0 Å². The van der Waals surface area contributed by atoms with E-state index in [1.54, 1.807) is 11.6 Å². The maximum Gasteiger partial charge on any atom is 0.333 e. The van der Waals surface area contributed by atoms with E-state index >= 15 is 0 Å². The third-order valence-electron chi connectivity index (χ3n) is 4.34. The smallest absolute Gasteiger partial charge is 0.333 e. The summed E-state index contributed by atoms with van der Waals surface area (Å²) < 4.78 is 1.87. The van der Waals surface area contributed by atoms with E-state index < -0.39 is 29.7 Å². The number of fused-ring (bicyclic) bond motifs is 3. The molecule has 140 valence electrons. The molecule has 0 aromatic carbocycles. The average Bonchev–Trinajstić information content (AvgIpc) is 3.32. The number of hydrogen-bond donors (Lipinski definition) is 2. The number of carboxylic acid groups (broad SMARTS) is 1. The van der Waals surface area contributed by atoms with Gasteiger partial charge in [0.2, 0.25) is 5.91 Å². The van der Waals surface area contributed by atoms with Gasteiger partial charge >= 0.3 is 11.7 Å². The van der Waals surface area contributed by atoms with Crippen molar-refractivity contribution in [1.82, 2.24) is 14.1 Å². The van der Waals surface area contributed by atoms with Gasteiger partial charge in [-0.2, -0.15) is 0 Å². The first kappa shape index (κ1) is 17.6. The second-order valence-electron chi connectivity index (χ2n) is 6.08. The molecular weight excluding hydrogens is 392 g/mol. The van der Waals surface area contributed by atoms with Crippen molar-refractivity contribution in [3.8, 4) is 0 Å². The molecule has 0 saturated carbocycles. The molecule has 3 heterocycles. The summed E-state index contributed by atoms with van der Waals surface area (Å²) in [5, 5.41) is 14.1. The van der Waals surface area contributed by atoms with Gasteiger partial charge < -0.3 is 10.4 Å². The summed E-state index contributed by atoms with van der Waals surface area (Å²) >= 11 is 2.57. The van der Waals surface area contributed by atoms with Gasteiger partial charge in [-0.1, -0.05) is 0 Å². The quantitative estimate of drug-likeness (QED) is 0.649. The molecule has 3 aromatic rings. The number of rotatable bonds is 5. The molecule has 1 aliphatic rings. The van der Waals surface area contributed by atoms with Gasteiger partial charge in [0, 0.05) is 16.5 Å². The molecule has 27 heavy (non-hydrogen) atoms. The van der Waals surface area contributed by atoms with Crippen LogP contribution in [-0.2, 0) is 35.5 Å². The van der Waals surface area contributed by atoms with Crippen molar-refractivity contribution in [3.63, 3.8) is 0 Å². The molecular formula is C16H14N4O5S2. The van der Waals surface area contributed by atoms with Crippen molar-refractivity contribution in [2.75, 3.05) is 5.32 Å². The van der Waals surface area contributed by atoms with Crippen LogP contribution in [0.2, 0.25) is 0 Å². The van der Waals surface area contributed by atoms with Crippen LogP contribution in [0.25, 0.3) is 10.2 Å². The first-order valence-corrected chi connectivity index (χ1v) is 9.84. The number of thiazole rings is 1. The standard InChI is InChI=1S/C16H14N4O5S2/c21-10(18-15-17-4-5-26-15)6-20-14-12(8-2-1-3-9(8)27-14)13(24)19(16(20)25)7-11(22)23/h4-5H,1-3,6-7H2,(H,22,23)(H,17,18,21). The molecule has 4 rings (SSSR count). The molecule has 0 atom stereocenters. The first-order valence-electron chi connectivity index (χ1n) is 8.14. The molecule has 1 amide bonds. The minimum Gasteiger partial charge on any atom is -0.480 e. The highest BCUT2D eigenvalue weighted by Gasteiger charge is 2.26. The van der Waals surface area contributed by atoms with Crippen molar-refractivity contribution < 1.29 is 14.7 Å². The Bertz CT molecular complexity index is 1170. The number of aryl methyl sites for hydroxylation is 2. The van der Waals surface area contributed by atoms with Crippen molar-refractivity contribution in [1.29, 1.82) is 0 Å². The van der Waals surface area contributed by atoms with E-state index in [2.05, 4.69) is 10.3 Å². The summed E-state index contributed by atoms with van der Waals surface area (Å²) in [5.74, 6) is -1.76. The summed E-state index contributed by atoms with van der Waals surface area (Å²) in [4.78, 5) is 54.5. The molecule has 0 unspecified atom stereocenters. The second-order valence-corrected chi connectivity index (χ2v) is 8.05. The number of aliphatic carboxylic acids is 1. The Hall–Kier alpha value is -2.79.